The second-order valence-corrected chi connectivity index (χ2v) is 6.08. The SMILES string of the molecule is COC(=O)C[C@@H]1C(=O)NCCN1CC(=O)NCCc1ccccc1C. The van der Waals surface area contributed by atoms with Gasteiger partial charge in [-0.3, -0.25) is 19.3 Å². The first-order chi connectivity index (χ1) is 12.0. The molecule has 1 aliphatic rings. The van der Waals surface area contributed by atoms with Crippen LogP contribution in [-0.2, 0) is 25.5 Å². The van der Waals surface area contributed by atoms with Gasteiger partial charge in [-0.05, 0) is 24.5 Å². The van der Waals surface area contributed by atoms with E-state index in [-0.39, 0.29) is 24.8 Å². The van der Waals surface area contributed by atoms with E-state index in [2.05, 4.69) is 15.4 Å². The maximum absolute atomic E-state index is 12.2. The van der Waals surface area contributed by atoms with Gasteiger partial charge in [0.15, 0.2) is 0 Å². The third kappa shape index (κ3) is 5.56. The van der Waals surface area contributed by atoms with E-state index in [1.54, 1.807) is 4.90 Å². The Bertz CT molecular complexity index is 633. The maximum atomic E-state index is 12.2. The van der Waals surface area contributed by atoms with Crippen LogP contribution in [0, 0.1) is 6.92 Å². The van der Waals surface area contributed by atoms with E-state index < -0.39 is 12.0 Å². The van der Waals surface area contributed by atoms with E-state index in [9.17, 15) is 14.4 Å². The van der Waals surface area contributed by atoms with Gasteiger partial charge in [-0.2, -0.15) is 0 Å². The number of nitrogens with one attached hydrogen (secondary N) is 2. The molecule has 0 spiro atoms. The number of aryl methyl sites for hydroxylation is 1. The van der Waals surface area contributed by atoms with Gasteiger partial charge in [-0.15, -0.1) is 0 Å². The van der Waals surface area contributed by atoms with Gasteiger partial charge >= 0.3 is 5.97 Å². The van der Waals surface area contributed by atoms with Crippen molar-refractivity contribution in [3.05, 3.63) is 35.4 Å². The van der Waals surface area contributed by atoms with Crippen molar-refractivity contribution in [1.29, 1.82) is 0 Å². The minimum atomic E-state index is -0.664. The minimum absolute atomic E-state index is 0.0567. The molecule has 1 aliphatic heterocycles. The second kappa shape index (κ2) is 9.17. The Labute approximate surface area is 147 Å². The molecule has 0 radical (unpaired) electrons. The number of hydrogen-bond donors (Lipinski definition) is 2. The van der Waals surface area contributed by atoms with E-state index in [0.717, 1.165) is 6.42 Å². The van der Waals surface area contributed by atoms with E-state index >= 15 is 0 Å². The van der Waals surface area contributed by atoms with Crippen molar-refractivity contribution in [3.8, 4) is 0 Å². The highest BCUT2D eigenvalue weighted by Crippen LogP contribution is 2.10. The third-order valence-electron chi connectivity index (χ3n) is 4.35. The van der Waals surface area contributed by atoms with Crippen LogP contribution >= 0.6 is 0 Å². The smallest absolute Gasteiger partial charge is 0.307 e. The zero-order valence-electron chi connectivity index (χ0n) is 14.7. The fourth-order valence-corrected chi connectivity index (χ4v) is 2.88. The molecule has 136 valence electrons. The molecule has 2 N–H and O–H groups in total. The minimum Gasteiger partial charge on any atom is -0.469 e. The molecule has 25 heavy (non-hydrogen) atoms. The fraction of sp³-hybridized carbons (Fsp3) is 0.500. The lowest BCUT2D eigenvalue weighted by atomic mass is 10.1. The predicted octanol–water partition coefficient (Wildman–Crippen LogP) is 0.0172. The standard InChI is InChI=1S/C18H25N3O4/c1-13-5-3-4-6-14(13)7-8-19-16(22)12-21-10-9-20-18(24)15(21)11-17(23)25-2/h3-6,15H,7-12H2,1-2H3,(H,19,22)(H,20,24)/t15-/m1/s1. The summed E-state index contributed by atoms with van der Waals surface area (Å²) in [4.78, 5) is 37.4. The van der Waals surface area contributed by atoms with Crippen molar-refractivity contribution in [2.75, 3.05) is 33.3 Å². The first-order valence-electron chi connectivity index (χ1n) is 8.41. The number of piperazine rings is 1. The molecule has 0 aliphatic carbocycles. The van der Waals surface area contributed by atoms with Crippen LogP contribution < -0.4 is 10.6 Å². The van der Waals surface area contributed by atoms with Gasteiger partial charge in [0.1, 0.15) is 6.04 Å². The van der Waals surface area contributed by atoms with Crippen molar-refractivity contribution in [3.63, 3.8) is 0 Å². The quantitative estimate of drug-likeness (QED) is 0.679. The van der Waals surface area contributed by atoms with Crippen molar-refractivity contribution >= 4 is 17.8 Å². The van der Waals surface area contributed by atoms with Crippen LogP contribution in [0.15, 0.2) is 24.3 Å². The van der Waals surface area contributed by atoms with Crippen LogP contribution in [-0.4, -0.2) is 62.0 Å². The molecular weight excluding hydrogens is 322 g/mol. The Balaban J connectivity index is 1.84. The number of hydrogen-bond acceptors (Lipinski definition) is 5. The number of ether oxygens (including phenoxy) is 1. The molecule has 2 amide bonds. The lowest BCUT2D eigenvalue weighted by molar-refractivity contribution is -0.146. The summed E-state index contributed by atoms with van der Waals surface area (Å²) in [6, 6.07) is 7.39. The Morgan fingerprint density at radius 1 is 1.36 bits per heavy atom. The van der Waals surface area contributed by atoms with Crippen LogP contribution in [0.3, 0.4) is 0 Å². The zero-order chi connectivity index (χ0) is 18.2. The van der Waals surface area contributed by atoms with Gasteiger partial charge in [0.05, 0.1) is 20.1 Å². The number of amides is 2. The normalized spacial score (nSPS) is 17.7. The van der Waals surface area contributed by atoms with E-state index in [0.29, 0.717) is 19.6 Å². The Kier molecular flexibility index (Phi) is 6.94. The molecule has 1 atom stereocenters. The summed E-state index contributed by atoms with van der Waals surface area (Å²) in [5, 5.41) is 5.60. The lowest BCUT2D eigenvalue weighted by Crippen LogP contribution is -2.58. The van der Waals surface area contributed by atoms with Crippen molar-refractivity contribution in [1.82, 2.24) is 15.5 Å². The van der Waals surface area contributed by atoms with Gasteiger partial charge < -0.3 is 15.4 Å². The molecule has 0 saturated carbocycles. The summed E-state index contributed by atoms with van der Waals surface area (Å²) >= 11 is 0. The van der Waals surface area contributed by atoms with Gasteiger partial charge in [-0.25, -0.2) is 0 Å². The summed E-state index contributed by atoms with van der Waals surface area (Å²) in [6.07, 6.45) is 0.698. The molecule has 0 bridgehead atoms. The highest BCUT2D eigenvalue weighted by atomic mass is 16.5. The molecule has 1 aromatic carbocycles. The van der Waals surface area contributed by atoms with E-state index in [1.807, 2.05) is 31.2 Å². The Hall–Kier alpha value is -2.41. The molecule has 7 nitrogen and oxygen atoms in total. The lowest BCUT2D eigenvalue weighted by Gasteiger charge is -2.33. The first kappa shape index (κ1) is 18.9. The number of carbonyl (C=O) groups is 3. The number of rotatable bonds is 7. The number of benzene rings is 1. The molecule has 7 heteroatoms. The van der Waals surface area contributed by atoms with Gasteiger partial charge in [0.25, 0.3) is 0 Å². The second-order valence-electron chi connectivity index (χ2n) is 6.08. The number of esters is 1. The summed E-state index contributed by atoms with van der Waals surface area (Å²) in [5.74, 6) is -0.866. The van der Waals surface area contributed by atoms with Crippen LogP contribution in [0.2, 0.25) is 0 Å². The van der Waals surface area contributed by atoms with E-state index in [1.165, 1.54) is 18.2 Å². The summed E-state index contributed by atoms with van der Waals surface area (Å²) in [6.45, 7) is 3.65. The largest absolute Gasteiger partial charge is 0.469 e. The molecule has 0 unspecified atom stereocenters. The molecule has 1 saturated heterocycles. The van der Waals surface area contributed by atoms with Crippen molar-refractivity contribution in [2.24, 2.45) is 0 Å². The maximum Gasteiger partial charge on any atom is 0.307 e. The van der Waals surface area contributed by atoms with Crippen molar-refractivity contribution < 1.29 is 19.1 Å². The Morgan fingerprint density at radius 2 is 2.12 bits per heavy atom. The topological polar surface area (TPSA) is 87.7 Å². The molecule has 1 fully saturated rings. The fourth-order valence-electron chi connectivity index (χ4n) is 2.88. The van der Waals surface area contributed by atoms with Crippen LogP contribution in [0.4, 0.5) is 0 Å². The summed E-state index contributed by atoms with van der Waals surface area (Å²) in [5.41, 5.74) is 2.39. The predicted molar refractivity (Wildman–Crippen MR) is 92.9 cm³/mol. The average Bonchev–Trinajstić information content (AvgIpc) is 2.59. The molecule has 0 aromatic heterocycles. The van der Waals surface area contributed by atoms with Crippen LogP contribution in [0.25, 0.3) is 0 Å². The third-order valence-corrected chi connectivity index (χ3v) is 4.35. The van der Waals surface area contributed by atoms with E-state index in [4.69, 9.17) is 0 Å². The molecular formula is C18H25N3O4. The van der Waals surface area contributed by atoms with Crippen LogP contribution in [0.5, 0.6) is 0 Å². The van der Waals surface area contributed by atoms with Gasteiger partial charge in [-0.1, -0.05) is 24.3 Å². The molecule has 2 rings (SSSR count). The summed E-state index contributed by atoms with van der Waals surface area (Å²) < 4.78 is 4.63. The average molecular weight is 347 g/mol. The molecule has 1 aromatic rings. The first-order valence-corrected chi connectivity index (χ1v) is 8.41. The zero-order valence-corrected chi connectivity index (χ0v) is 14.7. The monoisotopic (exact) mass is 347 g/mol. The Morgan fingerprint density at radius 3 is 2.84 bits per heavy atom. The highest BCUT2D eigenvalue weighted by molar-refractivity contribution is 5.88. The van der Waals surface area contributed by atoms with Crippen LogP contribution in [0.1, 0.15) is 17.5 Å². The number of carbonyl (C=O) groups excluding carboxylic acids is 3. The van der Waals surface area contributed by atoms with Crippen molar-refractivity contribution in [2.45, 2.75) is 25.8 Å². The number of nitrogens with zero attached hydrogens (tertiary/aromatic N) is 1. The van der Waals surface area contributed by atoms with Gasteiger partial charge in [0, 0.05) is 19.6 Å². The summed E-state index contributed by atoms with van der Waals surface area (Å²) in [7, 11) is 1.28. The number of methoxy groups -OCH3 is 1. The van der Waals surface area contributed by atoms with Gasteiger partial charge in [0.2, 0.25) is 11.8 Å². The molecule has 1 heterocycles. The highest BCUT2D eigenvalue weighted by Gasteiger charge is 2.32.